The Hall–Kier alpha value is -4.28. The fraction of sp³-hybridized carbons (Fsp3) is 0.333. The molecule has 0 fully saturated rings. The lowest BCUT2D eigenvalue weighted by Gasteiger charge is -2.31. The molecule has 10 heteroatoms. The molecular formula is C30H34N6O4. The third-order valence-corrected chi connectivity index (χ3v) is 7.21. The van der Waals surface area contributed by atoms with E-state index in [0.29, 0.717) is 29.2 Å². The van der Waals surface area contributed by atoms with Crippen LogP contribution in [-0.4, -0.2) is 49.4 Å². The number of nitrogens with zero attached hydrogens (tertiary/aromatic N) is 4. The third kappa shape index (κ3) is 5.03. The van der Waals surface area contributed by atoms with Gasteiger partial charge in [0.05, 0.1) is 29.4 Å². The summed E-state index contributed by atoms with van der Waals surface area (Å²) in [6.45, 7) is 9.67. The van der Waals surface area contributed by atoms with Crippen LogP contribution in [0.5, 0.6) is 0 Å². The van der Waals surface area contributed by atoms with Gasteiger partial charge in [0, 0.05) is 30.1 Å². The second-order valence-electron chi connectivity index (χ2n) is 10.9. The van der Waals surface area contributed by atoms with Gasteiger partial charge in [0.2, 0.25) is 5.89 Å². The number of hydrogen-bond donors (Lipinski definition) is 4. The summed E-state index contributed by atoms with van der Waals surface area (Å²) in [5.41, 5.74) is 2.72. The van der Waals surface area contributed by atoms with Crippen molar-refractivity contribution in [1.82, 2.24) is 20.1 Å². The molecule has 5 rings (SSSR count). The van der Waals surface area contributed by atoms with Crippen LogP contribution in [0.2, 0.25) is 0 Å². The fourth-order valence-corrected chi connectivity index (χ4v) is 5.05. The van der Waals surface area contributed by atoms with E-state index in [2.05, 4.69) is 25.8 Å². The molecule has 0 bridgehead atoms. The normalized spacial score (nSPS) is 15.2. The Morgan fingerprint density at radius 1 is 1.07 bits per heavy atom. The van der Waals surface area contributed by atoms with E-state index in [4.69, 9.17) is 4.42 Å². The number of aromatic nitrogens is 3. The van der Waals surface area contributed by atoms with Crippen molar-refractivity contribution in [3.05, 3.63) is 83.4 Å². The second kappa shape index (κ2) is 10.4. The quantitative estimate of drug-likeness (QED) is 0.231. The number of rotatable bonds is 9. The predicted octanol–water partition coefficient (Wildman–Crippen LogP) is 4.96. The Morgan fingerprint density at radius 2 is 1.82 bits per heavy atom. The highest BCUT2D eigenvalue weighted by Crippen LogP contribution is 2.40. The van der Waals surface area contributed by atoms with E-state index in [-0.39, 0.29) is 24.3 Å². The highest BCUT2D eigenvalue weighted by molar-refractivity contribution is 6.00. The van der Waals surface area contributed by atoms with Gasteiger partial charge in [0.25, 0.3) is 11.8 Å². The topological polar surface area (TPSA) is 137 Å². The van der Waals surface area contributed by atoms with Crippen molar-refractivity contribution in [2.45, 2.75) is 51.8 Å². The monoisotopic (exact) mass is 542 g/mol. The van der Waals surface area contributed by atoms with E-state index < -0.39 is 17.2 Å². The van der Waals surface area contributed by atoms with Crippen LogP contribution in [0.1, 0.15) is 68.0 Å². The van der Waals surface area contributed by atoms with Crippen LogP contribution in [0.15, 0.2) is 65.2 Å². The zero-order chi connectivity index (χ0) is 28.7. The SMILES string of the molecule is CCN1C(=O)c2ccc(Nc3cc(N[C@H](CO)c4ccccc4)c(-c4nnc(C(C)(C)O)o4)cn3)cc2C1(C)C. The van der Waals surface area contributed by atoms with Crippen molar-refractivity contribution < 1.29 is 19.4 Å². The highest BCUT2D eigenvalue weighted by atomic mass is 16.4. The number of anilines is 3. The molecule has 0 aliphatic carbocycles. The Kier molecular flexibility index (Phi) is 7.07. The zero-order valence-electron chi connectivity index (χ0n) is 23.3. The average Bonchev–Trinajstić information content (AvgIpc) is 3.49. The number of aliphatic hydroxyl groups excluding tert-OH is 1. The number of carbonyl (C=O) groups is 1. The van der Waals surface area contributed by atoms with Crippen molar-refractivity contribution in [2.24, 2.45) is 0 Å². The lowest BCUT2D eigenvalue weighted by atomic mass is 9.93. The molecule has 4 aromatic rings. The molecule has 10 nitrogen and oxygen atoms in total. The van der Waals surface area contributed by atoms with Gasteiger partial charge in [-0.1, -0.05) is 30.3 Å². The Bertz CT molecular complexity index is 1530. The molecule has 1 atom stereocenters. The molecule has 208 valence electrons. The Labute approximate surface area is 233 Å². The van der Waals surface area contributed by atoms with Gasteiger partial charge in [-0.25, -0.2) is 4.98 Å². The molecule has 1 aliphatic rings. The minimum Gasteiger partial charge on any atom is -0.417 e. The van der Waals surface area contributed by atoms with Crippen molar-refractivity contribution in [3.8, 4) is 11.5 Å². The van der Waals surface area contributed by atoms with Gasteiger partial charge in [-0.2, -0.15) is 0 Å². The van der Waals surface area contributed by atoms with Crippen LogP contribution < -0.4 is 10.6 Å². The molecule has 0 unspecified atom stereocenters. The molecule has 0 saturated heterocycles. The first-order chi connectivity index (χ1) is 19.0. The fourth-order valence-electron chi connectivity index (χ4n) is 5.05. The lowest BCUT2D eigenvalue weighted by Crippen LogP contribution is -2.38. The standard InChI is InChI=1S/C30H34N6O4/c1-6-36-27(38)20-13-12-19(14-22(20)29(36,2)3)32-25-15-23(33-24(17-37)18-10-8-7-9-11-18)21(16-31-25)26-34-35-28(40-26)30(4,5)39/h7-16,24,37,39H,6,17H2,1-5H3,(H2,31,32,33)/t24-/m1/s1. The number of hydrogen-bond acceptors (Lipinski definition) is 9. The Morgan fingerprint density at radius 3 is 2.48 bits per heavy atom. The minimum absolute atomic E-state index is 0.0314. The van der Waals surface area contributed by atoms with Gasteiger partial charge in [0.1, 0.15) is 11.4 Å². The number of nitrogens with one attached hydrogen (secondary N) is 2. The van der Waals surface area contributed by atoms with E-state index in [1.54, 1.807) is 26.1 Å². The molecule has 2 aromatic heterocycles. The molecule has 0 radical (unpaired) electrons. The molecule has 0 spiro atoms. The number of carbonyl (C=O) groups excluding carboxylic acids is 1. The summed E-state index contributed by atoms with van der Waals surface area (Å²) in [5, 5.41) is 35.4. The van der Waals surface area contributed by atoms with Gasteiger partial charge in [-0.15, -0.1) is 10.2 Å². The first-order valence-corrected chi connectivity index (χ1v) is 13.3. The van der Waals surface area contributed by atoms with Crippen molar-refractivity contribution in [3.63, 3.8) is 0 Å². The van der Waals surface area contributed by atoms with E-state index in [9.17, 15) is 15.0 Å². The van der Waals surface area contributed by atoms with Gasteiger partial charge in [-0.05, 0) is 63.9 Å². The van der Waals surface area contributed by atoms with E-state index in [1.807, 2.05) is 74.2 Å². The Balaban J connectivity index is 1.51. The molecule has 2 aromatic carbocycles. The number of amides is 1. The van der Waals surface area contributed by atoms with Crippen LogP contribution in [-0.2, 0) is 11.1 Å². The van der Waals surface area contributed by atoms with Crippen LogP contribution in [0, 0.1) is 0 Å². The predicted molar refractivity (Wildman–Crippen MR) is 152 cm³/mol. The van der Waals surface area contributed by atoms with E-state index >= 15 is 0 Å². The second-order valence-corrected chi connectivity index (χ2v) is 10.9. The summed E-state index contributed by atoms with van der Waals surface area (Å²) in [7, 11) is 0. The number of benzene rings is 2. The average molecular weight is 543 g/mol. The van der Waals surface area contributed by atoms with Crippen molar-refractivity contribution in [1.29, 1.82) is 0 Å². The van der Waals surface area contributed by atoms with Crippen molar-refractivity contribution >= 4 is 23.1 Å². The van der Waals surface area contributed by atoms with Gasteiger partial charge >= 0.3 is 0 Å². The summed E-state index contributed by atoms with van der Waals surface area (Å²) < 4.78 is 5.79. The van der Waals surface area contributed by atoms with Gasteiger partial charge < -0.3 is 30.2 Å². The van der Waals surface area contributed by atoms with Crippen LogP contribution >= 0.6 is 0 Å². The van der Waals surface area contributed by atoms with E-state index in [0.717, 1.165) is 16.8 Å². The van der Waals surface area contributed by atoms with Crippen molar-refractivity contribution in [2.75, 3.05) is 23.8 Å². The van der Waals surface area contributed by atoms with E-state index in [1.165, 1.54) is 0 Å². The first kappa shape index (κ1) is 27.3. The molecule has 1 aliphatic heterocycles. The summed E-state index contributed by atoms with van der Waals surface area (Å²) in [5.74, 6) is 0.825. The molecule has 3 heterocycles. The summed E-state index contributed by atoms with van der Waals surface area (Å²) in [6.07, 6.45) is 1.60. The lowest BCUT2D eigenvalue weighted by molar-refractivity contribution is 0.0487. The van der Waals surface area contributed by atoms with Gasteiger partial charge in [-0.3, -0.25) is 4.79 Å². The maximum absolute atomic E-state index is 12.9. The summed E-state index contributed by atoms with van der Waals surface area (Å²) >= 11 is 0. The summed E-state index contributed by atoms with van der Waals surface area (Å²) in [4.78, 5) is 19.3. The van der Waals surface area contributed by atoms with Crippen LogP contribution in [0.4, 0.5) is 17.2 Å². The first-order valence-electron chi connectivity index (χ1n) is 13.3. The smallest absolute Gasteiger partial charge is 0.254 e. The maximum Gasteiger partial charge on any atom is 0.254 e. The zero-order valence-corrected chi connectivity index (χ0v) is 23.3. The minimum atomic E-state index is -1.30. The number of aliphatic hydroxyl groups is 2. The maximum atomic E-state index is 12.9. The molecule has 0 saturated carbocycles. The molecule has 40 heavy (non-hydrogen) atoms. The number of fused-ring (bicyclic) bond motifs is 1. The molecule has 1 amide bonds. The van der Waals surface area contributed by atoms with Crippen LogP contribution in [0.25, 0.3) is 11.5 Å². The molecular weight excluding hydrogens is 508 g/mol. The van der Waals surface area contributed by atoms with Gasteiger partial charge in [0.15, 0.2) is 0 Å². The summed E-state index contributed by atoms with van der Waals surface area (Å²) in [6, 6.07) is 16.7. The third-order valence-electron chi connectivity index (χ3n) is 7.21. The van der Waals surface area contributed by atoms with Crippen LogP contribution in [0.3, 0.4) is 0 Å². The molecule has 4 N–H and O–H groups in total. The highest BCUT2D eigenvalue weighted by Gasteiger charge is 2.42. The largest absolute Gasteiger partial charge is 0.417 e. The number of pyridine rings is 1.